The number of hydrogen-bond acceptors (Lipinski definition) is 4. The summed E-state index contributed by atoms with van der Waals surface area (Å²) in [5.41, 5.74) is 1.02. The average molecular weight is 451 g/mol. The van der Waals surface area contributed by atoms with Gasteiger partial charge in [-0.15, -0.1) is 0 Å². The molecule has 162 valence electrons. The normalized spacial score (nSPS) is 15.7. The molecule has 1 fully saturated rings. The van der Waals surface area contributed by atoms with Crippen LogP contribution in [0.25, 0.3) is 0 Å². The summed E-state index contributed by atoms with van der Waals surface area (Å²) in [6, 6.07) is 14.1. The van der Waals surface area contributed by atoms with E-state index in [1.165, 1.54) is 4.31 Å². The second kappa shape index (κ2) is 10.3. The quantitative estimate of drug-likeness (QED) is 0.621. The minimum absolute atomic E-state index is 0.00791. The number of nitrogens with zero attached hydrogens (tertiary/aromatic N) is 1. The second-order valence-electron chi connectivity index (χ2n) is 7.44. The molecule has 8 heteroatoms. The predicted octanol–water partition coefficient (Wildman–Crippen LogP) is 3.78. The third-order valence-electron chi connectivity index (χ3n) is 5.12. The lowest BCUT2D eigenvalue weighted by Gasteiger charge is -2.31. The van der Waals surface area contributed by atoms with E-state index in [0.29, 0.717) is 61.0 Å². The Morgan fingerprint density at radius 3 is 2.47 bits per heavy atom. The molecule has 3 rings (SSSR count). The van der Waals surface area contributed by atoms with E-state index in [4.69, 9.17) is 16.3 Å². The van der Waals surface area contributed by atoms with Gasteiger partial charge in [0.05, 0.1) is 16.5 Å². The molecule has 0 radical (unpaired) electrons. The summed E-state index contributed by atoms with van der Waals surface area (Å²) >= 11 is 6.03. The minimum atomic E-state index is -3.48. The maximum atomic E-state index is 12.8. The van der Waals surface area contributed by atoms with Gasteiger partial charge in [0, 0.05) is 25.6 Å². The van der Waals surface area contributed by atoms with Crippen molar-refractivity contribution in [3.8, 4) is 5.75 Å². The van der Waals surface area contributed by atoms with Gasteiger partial charge >= 0.3 is 0 Å². The van der Waals surface area contributed by atoms with Crippen LogP contribution in [0.2, 0.25) is 5.02 Å². The summed E-state index contributed by atoms with van der Waals surface area (Å²) < 4.78 is 32.6. The van der Waals surface area contributed by atoms with Crippen LogP contribution in [-0.2, 0) is 14.8 Å². The topological polar surface area (TPSA) is 75.7 Å². The van der Waals surface area contributed by atoms with Gasteiger partial charge in [0.1, 0.15) is 5.75 Å². The number of amides is 1. The van der Waals surface area contributed by atoms with Gasteiger partial charge < -0.3 is 10.1 Å². The number of ether oxygens (including phenoxy) is 1. The van der Waals surface area contributed by atoms with E-state index >= 15 is 0 Å². The van der Waals surface area contributed by atoms with Crippen LogP contribution in [0, 0.1) is 6.92 Å². The molecule has 0 spiro atoms. The highest BCUT2D eigenvalue weighted by atomic mass is 35.5. The maximum Gasteiger partial charge on any atom is 0.243 e. The standard InChI is InChI=1S/C22H27ClN2O4S/c1-17-8-10-19(11-9-17)30(27,28)25-14-12-18(13-15-25)24-22(26)7-4-16-29-21-6-3-2-5-20(21)23/h2-3,5-6,8-11,18H,4,7,12-16H2,1H3,(H,24,26). The Labute approximate surface area is 183 Å². The van der Waals surface area contributed by atoms with E-state index in [9.17, 15) is 13.2 Å². The Morgan fingerprint density at radius 2 is 1.80 bits per heavy atom. The Balaban J connectivity index is 1.39. The van der Waals surface area contributed by atoms with E-state index in [1.54, 1.807) is 36.4 Å². The molecule has 1 saturated heterocycles. The van der Waals surface area contributed by atoms with Crippen LogP contribution in [0.3, 0.4) is 0 Å². The number of halogens is 1. The predicted molar refractivity (Wildman–Crippen MR) is 117 cm³/mol. The highest BCUT2D eigenvalue weighted by Gasteiger charge is 2.29. The van der Waals surface area contributed by atoms with Crippen LogP contribution in [0.5, 0.6) is 5.75 Å². The van der Waals surface area contributed by atoms with Crippen molar-refractivity contribution in [2.75, 3.05) is 19.7 Å². The molecule has 1 aliphatic heterocycles. The first-order chi connectivity index (χ1) is 14.4. The third-order valence-corrected chi connectivity index (χ3v) is 7.35. The van der Waals surface area contributed by atoms with E-state index in [-0.39, 0.29) is 11.9 Å². The Kier molecular flexibility index (Phi) is 7.75. The number of piperidine rings is 1. The van der Waals surface area contributed by atoms with Gasteiger partial charge in [0.2, 0.25) is 15.9 Å². The fourth-order valence-electron chi connectivity index (χ4n) is 3.38. The SMILES string of the molecule is Cc1ccc(S(=O)(=O)N2CCC(NC(=O)CCCOc3ccccc3Cl)CC2)cc1. The molecule has 2 aromatic carbocycles. The van der Waals surface area contributed by atoms with E-state index in [0.717, 1.165) is 5.56 Å². The molecule has 0 aliphatic carbocycles. The lowest BCUT2D eigenvalue weighted by atomic mass is 10.1. The average Bonchev–Trinajstić information content (AvgIpc) is 2.73. The van der Waals surface area contributed by atoms with Gasteiger partial charge in [-0.25, -0.2) is 8.42 Å². The summed E-state index contributed by atoms with van der Waals surface area (Å²) in [5, 5.41) is 3.56. The number of sulfonamides is 1. The highest BCUT2D eigenvalue weighted by Crippen LogP contribution is 2.23. The summed E-state index contributed by atoms with van der Waals surface area (Å²) in [6.45, 7) is 3.13. The first-order valence-corrected chi connectivity index (χ1v) is 11.9. The molecule has 0 aromatic heterocycles. The number of hydrogen-bond donors (Lipinski definition) is 1. The van der Waals surface area contributed by atoms with Crippen LogP contribution in [-0.4, -0.2) is 44.4 Å². The van der Waals surface area contributed by atoms with Gasteiger partial charge in [0.25, 0.3) is 0 Å². The minimum Gasteiger partial charge on any atom is -0.492 e. The maximum absolute atomic E-state index is 12.8. The van der Waals surface area contributed by atoms with E-state index < -0.39 is 10.0 Å². The molecule has 1 aliphatic rings. The highest BCUT2D eigenvalue weighted by molar-refractivity contribution is 7.89. The van der Waals surface area contributed by atoms with Crippen molar-refractivity contribution in [2.45, 2.75) is 43.5 Å². The summed E-state index contributed by atoms with van der Waals surface area (Å²) in [7, 11) is -3.48. The van der Waals surface area contributed by atoms with E-state index in [1.807, 2.05) is 19.1 Å². The first kappa shape index (κ1) is 22.6. The van der Waals surface area contributed by atoms with Gasteiger partial charge in [-0.05, 0) is 50.5 Å². The number of carbonyl (C=O) groups excluding carboxylic acids is 1. The third kappa shape index (κ3) is 5.97. The Morgan fingerprint density at radius 1 is 1.13 bits per heavy atom. The molecule has 0 bridgehead atoms. The molecule has 1 N–H and O–H groups in total. The molecule has 0 saturated carbocycles. The van der Waals surface area contributed by atoms with Crippen LogP contribution in [0.15, 0.2) is 53.4 Å². The van der Waals surface area contributed by atoms with Crippen LogP contribution in [0.4, 0.5) is 0 Å². The van der Waals surface area contributed by atoms with Crippen LogP contribution < -0.4 is 10.1 Å². The second-order valence-corrected chi connectivity index (χ2v) is 9.79. The largest absolute Gasteiger partial charge is 0.492 e. The van der Waals surface area contributed by atoms with Gasteiger partial charge in [-0.1, -0.05) is 41.4 Å². The number of para-hydroxylation sites is 1. The van der Waals surface area contributed by atoms with Crippen molar-refractivity contribution in [1.82, 2.24) is 9.62 Å². The zero-order chi connectivity index (χ0) is 21.6. The summed E-state index contributed by atoms with van der Waals surface area (Å²) in [5.74, 6) is 0.569. The molecular weight excluding hydrogens is 424 g/mol. The number of rotatable bonds is 8. The van der Waals surface area contributed by atoms with Crippen molar-refractivity contribution in [1.29, 1.82) is 0 Å². The molecule has 0 unspecified atom stereocenters. The van der Waals surface area contributed by atoms with E-state index in [2.05, 4.69) is 5.32 Å². The lowest BCUT2D eigenvalue weighted by molar-refractivity contribution is -0.122. The molecule has 6 nitrogen and oxygen atoms in total. The molecule has 1 amide bonds. The zero-order valence-electron chi connectivity index (χ0n) is 17.0. The van der Waals surface area contributed by atoms with Gasteiger partial charge in [-0.3, -0.25) is 4.79 Å². The lowest BCUT2D eigenvalue weighted by Crippen LogP contribution is -2.46. The van der Waals surface area contributed by atoms with Gasteiger partial charge in [0.15, 0.2) is 0 Å². The van der Waals surface area contributed by atoms with Crippen LogP contribution >= 0.6 is 11.6 Å². The van der Waals surface area contributed by atoms with Gasteiger partial charge in [-0.2, -0.15) is 4.31 Å². The number of carbonyl (C=O) groups is 1. The van der Waals surface area contributed by atoms with Crippen LogP contribution in [0.1, 0.15) is 31.2 Å². The molecule has 30 heavy (non-hydrogen) atoms. The van der Waals surface area contributed by atoms with Crippen molar-refractivity contribution in [3.05, 3.63) is 59.1 Å². The van der Waals surface area contributed by atoms with Crippen molar-refractivity contribution in [2.24, 2.45) is 0 Å². The summed E-state index contributed by atoms with van der Waals surface area (Å²) in [6.07, 6.45) is 2.14. The first-order valence-electron chi connectivity index (χ1n) is 10.1. The molecular formula is C22H27ClN2O4S. The number of aryl methyl sites for hydroxylation is 1. The molecule has 0 atom stereocenters. The monoisotopic (exact) mass is 450 g/mol. The fraction of sp³-hybridized carbons (Fsp3) is 0.409. The number of benzene rings is 2. The van der Waals surface area contributed by atoms with Crippen molar-refractivity contribution in [3.63, 3.8) is 0 Å². The Bertz CT molecular complexity index is 955. The van der Waals surface area contributed by atoms with Crippen molar-refractivity contribution >= 4 is 27.5 Å². The Hall–Kier alpha value is -2.09. The number of nitrogens with one attached hydrogen (secondary N) is 1. The smallest absolute Gasteiger partial charge is 0.243 e. The molecule has 1 heterocycles. The fourth-order valence-corrected chi connectivity index (χ4v) is 5.04. The van der Waals surface area contributed by atoms with Crippen molar-refractivity contribution < 1.29 is 17.9 Å². The molecule has 2 aromatic rings. The zero-order valence-corrected chi connectivity index (χ0v) is 18.6. The summed E-state index contributed by atoms with van der Waals surface area (Å²) in [4.78, 5) is 12.5.